The van der Waals surface area contributed by atoms with E-state index in [1.807, 2.05) is 36.4 Å². The van der Waals surface area contributed by atoms with Crippen molar-refractivity contribution in [2.24, 2.45) is 0 Å². The van der Waals surface area contributed by atoms with Crippen LogP contribution in [0.15, 0.2) is 66.9 Å². The Bertz CT molecular complexity index is 1020. The van der Waals surface area contributed by atoms with Crippen molar-refractivity contribution >= 4 is 28.4 Å². The zero-order valence-corrected chi connectivity index (χ0v) is 17.6. The van der Waals surface area contributed by atoms with Crippen molar-refractivity contribution in [1.29, 1.82) is 0 Å². The summed E-state index contributed by atoms with van der Waals surface area (Å²) in [7, 11) is 0. The summed E-state index contributed by atoms with van der Waals surface area (Å²) in [5.74, 6) is -0.222. The van der Waals surface area contributed by atoms with Crippen LogP contribution in [-0.4, -0.2) is 40.8 Å². The molecule has 2 amide bonds. The van der Waals surface area contributed by atoms with Gasteiger partial charge in [0.1, 0.15) is 0 Å². The van der Waals surface area contributed by atoms with E-state index in [2.05, 4.69) is 44.8 Å². The smallest absolute Gasteiger partial charge is 0.224 e. The maximum absolute atomic E-state index is 12.4. The monoisotopic (exact) mass is 416 g/mol. The van der Waals surface area contributed by atoms with E-state index in [-0.39, 0.29) is 30.7 Å². The topological polar surface area (TPSA) is 74.3 Å². The second kappa shape index (κ2) is 10.2. The van der Waals surface area contributed by atoms with Gasteiger partial charge in [-0.25, -0.2) is 0 Å². The summed E-state index contributed by atoms with van der Waals surface area (Å²) in [5, 5.41) is 6.90. The molecule has 31 heavy (non-hydrogen) atoms. The number of fused-ring (bicyclic) bond motifs is 1. The molecule has 3 aromatic rings. The van der Waals surface area contributed by atoms with Crippen LogP contribution in [0, 0.1) is 0 Å². The first kappa shape index (κ1) is 21.0. The Hall–Kier alpha value is -3.25. The zero-order chi connectivity index (χ0) is 21.5. The summed E-state index contributed by atoms with van der Waals surface area (Å²) in [6.07, 6.45) is 3.96. The molecule has 0 saturated carbocycles. The third-order valence-electron chi connectivity index (χ3n) is 5.70. The minimum Gasteiger partial charge on any atom is -0.353 e. The fourth-order valence-electron chi connectivity index (χ4n) is 4.03. The highest BCUT2D eigenvalue weighted by Gasteiger charge is 2.21. The lowest BCUT2D eigenvalue weighted by molar-refractivity contribution is -0.125. The molecule has 0 atom stereocenters. The van der Waals surface area contributed by atoms with Crippen LogP contribution in [0.2, 0.25) is 0 Å². The number of nitrogens with one attached hydrogen (secondary N) is 2. The first-order valence-corrected chi connectivity index (χ1v) is 10.9. The lowest BCUT2D eigenvalue weighted by Crippen LogP contribution is -2.44. The molecule has 0 unspecified atom stereocenters. The number of anilines is 1. The number of hydrogen-bond acceptors (Lipinski definition) is 4. The minimum atomic E-state index is -0.163. The molecule has 2 heterocycles. The van der Waals surface area contributed by atoms with Crippen LogP contribution >= 0.6 is 0 Å². The molecule has 0 aliphatic carbocycles. The molecular weight excluding hydrogens is 388 g/mol. The van der Waals surface area contributed by atoms with Crippen molar-refractivity contribution in [2.75, 3.05) is 18.4 Å². The fraction of sp³-hybridized carbons (Fsp3) is 0.320. The van der Waals surface area contributed by atoms with Crippen LogP contribution in [-0.2, 0) is 16.1 Å². The van der Waals surface area contributed by atoms with Gasteiger partial charge in [0.2, 0.25) is 11.8 Å². The van der Waals surface area contributed by atoms with Crippen LogP contribution in [0.4, 0.5) is 5.69 Å². The highest BCUT2D eigenvalue weighted by atomic mass is 16.2. The van der Waals surface area contributed by atoms with Crippen molar-refractivity contribution in [1.82, 2.24) is 15.2 Å². The van der Waals surface area contributed by atoms with Crippen LogP contribution in [0.25, 0.3) is 10.9 Å². The number of rotatable bonds is 7. The Labute approximate surface area is 182 Å². The van der Waals surface area contributed by atoms with Gasteiger partial charge >= 0.3 is 0 Å². The highest BCUT2D eigenvalue weighted by Crippen LogP contribution is 2.21. The van der Waals surface area contributed by atoms with Crippen molar-refractivity contribution in [2.45, 2.75) is 38.3 Å². The van der Waals surface area contributed by atoms with Gasteiger partial charge in [-0.15, -0.1) is 0 Å². The van der Waals surface area contributed by atoms with E-state index >= 15 is 0 Å². The Morgan fingerprint density at radius 3 is 2.48 bits per heavy atom. The Morgan fingerprint density at radius 1 is 0.903 bits per heavy atom. The molecule has 1 saturated heterocycles. The third-order valence-corrected chi connectivity index (χ3v) is 5.70. The molecular formula is C25H28N4O2. The van der Waals surface area contributed by atoms with Crippen LogP contribution < -0.4 is 10.6 Å². The quantitative estimate of drug-likeness (QED) is 0.615. The summed E-state index contributed by atoms with van der Waals surface area (Å²) in [4.78, 5) is 31.4. The summed E-state index contributed by atoms with van der Waals surface area (Å²) in [6, 6.07) is 20.0. The lowest BCUT2D eigenvalue weighted by atomic mass is 10.0. The summed E-state index contributed by atoms with van der Waals surface area (Å²) < 4.78 is 0. The number of aromatic nitrogens is 1. The number of benzene rings is 2. The average molecular weight is 417 g/mol. The number of pyridine rings is 1. The largest absolute Gasteiger partial charge is 0.353 e. The summed E-state index contributed by atoms with van der Waals surface area (Å²) in [6.45, 7) is 2.89. The predicted octanol–water partition coefficient (Wildman–Crippen LogP) is 3.73. The lowest BCUT2D eigenvalue weighted by Gasteiger charge is -2.32. The molecule has 2 N–H and O–H groups in total. The van der Waals surface area contributed by atoms with Gasteiger partial charge in [0.25, 0.3) is 0 Å². The molecule has 4 rings (SSSR count). The van der Waals surface area contributed by atoms with Gasteiger partial charge in [-0.2, -0.15) is 0 Å². The first-order valence-electron chi connectivity index (χ1n) is 10.9. The second-order valence-electron chi connectivity index (χ2n) is 8.03. The molecule has 6 nitrogen and oxygen atoms in total. The Morgan fingerprint density at radius 2 is 1.68 bits per heavy atom. The van der Waals surface area contributed by atoms with Crippen molar-refractivity contribution in [3.05, 3.63) is 72.4 Å². The molecule has 6 heteroatoms. The SMILES string of the molecule is O=C(CCC(=O)NC1CCN(Cc2ccccc2)CC1)Nc1cccc2ncccc12. The third kappa shape index (κ3) is 5.89. The van der Waals surface area contributed by atoms with E-state index in [0.717, 1.165) is 49.1 Å². The standard InChI is InChI=1S/C25H28N4O2/c30-24(27-20-13-16-29(17-14-20)18-19-6-2-1-3-7-19)11-12-25(31)28-23-10-4-9-22-21(23)8-5-15-26-22/h1-10,15,20H,11-14,16-18H2,(H,27,30)(H,28,31). The molecule has 0 spiro atoms. The zero-order valence-electron chi connectivity index (χ0n) is 17.6. The molecule has 1 fully saturated rings. The van der Waals surface area contributed by atoms with Crippen LogP contribution in [0.3, 0.4) is 0 Å². The number of piperidine rings is 1. The minimum absolute atomic E-state index is 0.0590. The van der Waals surface area contributed by atoms with Crippen LogP contribution in [0.1, 0.15) is 31.2 Å². The normalized spacial score (nSPS) is 15.0. The van der Waals surface area contributed by atoms with Crippen molar-refractivity contribution in [3.63, 3.8) is 0 Å². The number of amides is 2. The molecule has 1 aliphatic rings. The fourth-order valence-corrected chi connectivity index (χ4v) is 4.03. The molecule has 160 valence electrons. The van der Waals surface area contributed by atoms with E-state index in [1.165, 1.54) is 5.56 Å². The predicted molar refractivity (Wildman–Crippen MR) is 122 cm³/mol. The van der Waals surface area contributed by atoms with E-state index in [4.69, 9.17) is 0 Å². The number of nitrogens with zero attached hydrogens (tertiary/aromatic N) is 2. The summed E-state index contributed by atoms with van der Waals surface area (Å²) in [5.41, 5.74) is 2.87. The van der Waals surface area contributed by atoms with Gasteiger partial charge < -0.3 is 10.6 Å². The van der Waals surface area contributed by atoms with Gasteiger partial charge in [-0.3, -0.25) is 19.5 Å². The van der Waals surface area contributed by atoms with Gasteiger partial charge in [0.15, 0.2) is 0 Å². The van der Waals surface area contributed by atoms with E-state index in [9.17, 15) is 9.59 Å². The summed E-state index contributed by atoms with van der Waals surface area (Å²) >= 11 is 0. The maximum Gasteiger partial charge on any atom is 0.224 e. The molecule has 0 radical (unpaired) electrons. The number of carbonyl (C=O) groups excluding carboxylic acids is 2. The maximum atomic E-state index is 12.4. The first-order chi connectivity index (χ1) is 15.2. The van der Waals surface area contributed by atoms with Crippen LogP contribution in [0.5, 0.6) is 0 Å². The molecule has 1 aromatic heterocycles. The Balaban J connectivity index is 1.19. The van der Waals surface area contributed by atoms with Gasteiger partial charge in [-0.05, 0) is 42.7 Å². The number of hydrogen-bond donors (Lipinski definition) is 2. The number of carbonyl (C=O) groups is 2. The van der Waals surface area contributed by atoms with Crippen molar-refractivity contribution < 1.29 is 9.59 Å². The van der Waals surface area contributed by atoms with E-state index in [0.29, 0.717) is 0 Å². The molecule has 0 bridgehead atoms. The van der Waals surface area contributed by atoms with Gasteiger partial charge in [0.05, 0.1) is 11.2 Å². The average Bonchev–Trinajstić information content (AvgIpc) is 2.80. The Kier molecular flexibility index (Phi) is 6.89. The second-order valence-corrected chi connectivity index (χ2v) is 8.03. The highest BCUT2D eigenvalue weighted by molar-refractivity contribution is 6.01. The van der Waals surface area contributed by atoms with E-state index in [1.54, 1.807) is 6.20 Å². The molecule has 1 aliphatic heterocycles. The van der Waals surface area contributed by atoms with Gasteiger partial charge in [-0.1, -0.05) is 36.4 Å². The van der Waals surface area contributed by atoms with E-state index < -0.39 is 0 Å². The van der Waals surface area contributed by atoms with Gasteiger partial charge in [0, 0.05) is 50.1 Å². The molecule has 2 aromatic carbocycles. The van der Waals surface area contributed by atoms with Crippen molar-refractivity contribution in [3.8, 4) is 0 Å². The number of likely N-dealkylation sites (tertiary alicyclic amines) is 1.